The van der Waals surface area contributed by atoms with Crippen LogP contribution in [0.5, 0.6) is 23.3 Å². The zero-order valence-electron chi connectivity index (χ0n) is 29.1. The lowest BCUT2D eigenvalue weighted by atomic mass is 9.96. The molecule has 6 heterocycles. The second-order valence-electron chi connectivity index (χ2n) is 12.1. The summed E-state index contributed by atoms with van der Waals surface area (Å²) in [7, 11) is 0. The van der Waals surface area contributed by atoms with Crippen molar-refractivity contribution in [3.8, 4) is 45.5 Å². The van der Waals surface area contributed by atoms with Crippen molar-refractivity contribution in [1.82, 2.24) is 40.3 Å². The van der Waals surface area contributed by atoms with E-state index < -0.39 is 0 Å². The quantitative estimate of drug-likeness (QED) is 0.170. The first-order valence-electron chi connectivity index (χ1n) is 16.1. The third kappa shape index (κ3) is 6.68. The molecule has 14 heteroatoms. The van der Waals surface area contributed by atoms with E-state index in [1.165, 1.54) is 22.7 Å². The molecule has 0 spiro atoms. The van der Waals surface area contributed by atoms with Crippen molar-refractivity contribution in [2.75, 3.05) is 0 Å². The topological polar surface area (TPSA) is 162 Å². The summed E-state index contributed by atoms with van der Waals surface area (Å²) in [5.41, 5.74) is 13.5. The molecule has 52 heavy (non-hydrogen) atoms. The van der Waals surface area contributed by atoms with E-state index in [0.717, 1.165) is 65.2 Å². The standard InChI is InChI=1S/2C19H16N4O2S/c2*1-10-8-13(25-19-17-15(6-7-20-19)21-9-26-17)4-5-14(10)16-11(2)18(24)23-22-12(16)3/h2*4-9H,1-3H3,(H,23,24). The van der Waals surface area contributed by atoms with E-state index in [9.17, 15) is 9.59 Å². The predicted molar refractivity (Wildman–Crippen MR) is 204 cm³/mol. The third-order valence-electron chi connectivity index (χ3n) is 8.60. The van der Waals surface area contributed by atoms with Gasteiger partial charge in [0.05, 0.1) is 33.4 Å². The van der Waals surface area contributed by atoms with Crippen LogP contribution in [-0.4, -0.2) is 40.3 Å². The molecule has 0 aliphatic rings. The average molecular weight is 729 g/mol. The number of rotatable bonds is 6. The van der Waals surface area contributed by atoms with Crippen molar-refractivity contribution >= 4 is 43.1 Å². The number of aromatic amines is 2. The number of aromatic nitrogens is 8. The number of benzene rings is 2. The van der Waals surface area contributed by atoms with E-state index in [4.69, 9.17) is 9.47 Å². The first kappa shape index (κ1) is 34.3. The molecule has 0 saturated heterocycles. The molecule has 8 rings (SSSR count). The summed E-state index contributed by atoms with van der Waals surface area (Å²) in [6, 6.07) is 15.3. The number of nitrogens with one attached hydrogen (secondary N) is 2. The maximum Gasteiger partial charge on any atom is 0.267 e. The molecule has 2 N–H and O–H groups in total. The normalized spacial score (nSPS) is 11.0. The fourth-order valence-electron chi connectivity index (χ4n) is 5.98. The van der Waals surface area contributed by atoms with Gasteiger partial charge in [0.15, 0.2) is 0 Å². The Labute approximate surface area is 305 Å². The summed E-state index contributed by atoms with van der Waals surface area (Å²) in [5, 5.41) is 13.2. The molecule has 0 saturated carbocycles. The number of ether oxygens (including phenoxy) is 2. The van der Waals surface area contributed by atoms with E-state index in [1.54, 1.807) is 37.3 Å². The Morgan fingerprint density at radius 3 is 1.38 bits per heavy atom. The van der Waals surface area contributed by atoms with Crippen molar-refractivity contribution in [2.45, 2.75) is 41.5 Å². The van der Waals surface area contributed by atoms with Gasteiger partial charge >= 0.3 is 0 Å². The van der Waals surface area contributed by atoms with Crippen LogP contribution < -0.4 is 20.6 Å². The minimum Gasteiger partial charge on any atom is -0.438 e. The number of pyridine rings is 2. The van der Waals surface area contributed by atoms with Crippen molar-refractivity contribution in [3.63, 3.8) is 0 Å². The summed E-state index contributed by atoms with van der Waals surface area (Å²) in [5.74, 6) is 2.46. The molecule has 0 radical (unpaired) electrons. The van der Waals surface area contributed by atoms with Crippen molar-refractivity contribution in [2.24, 2.45) is 0 Å². The first-order chi connectivity index (χ1) is 25.1. The molecule has 0 atom stereocenters. The number of hydrogen-bond acceptors (Lipinski definition) is 12. The van der Waals surface area contributed by atoms with Gasteiger partial charge in [-0.05, 0) is 100 Å². The minimum atomic E-state index is -0.175. The van der Waals surface area contributed by atoms with Crippen LogP contribution in [0.4, 0.5) is 0 Å². The van der Waals surface area contributed by atoms with Crippen LogP contribution in [0.1, 0.15) is 33.6 Å². The fourth-order valence-corrected chi connectivity index (χ4v) is 7.39. The van der Waals surface area contributed by atoms with Crippen molar-refractivity contribution in [1.29, 1.82) is 0 Å². The molecule has 0 aliphatic carbocycles. The van der Waals surface area contributed by atoms with Gasteiger partial charge in [-0.15, -0.1) is 22.7 Å². The van der Waals surface area contributed by atoms with Crippen LogP contribution in [0.15, 0.2) is 81.5 Å². The van der Waals surface area contributed by atoms with Gasteiger partial charge in [0.1, 0.15) is 20.9 Å². The van der Waals surface area contributed by atoms with Gasteiger partial charge in [-0.2, -0.15) is 10.2 Å². The molecular formula is C38H32N8O4S2. The molecule has 0 bridgehead atoms. The molecule has 2 aromatic carbocycles. The Kier molecular flexibility index (Phi) is 9.41. The lowest BCUT2D eigenvalue weighted by molar-refractivity contribution is 0.469. The Hall–Kier alpha value is -6.12. The van der Waals surface area contributed by atoms with Gasteiger partial charge in [-0.25, -0.2) is 30.1 Å². The highest BCUT2D eigenvalue weighted by molar-refractivity contribution is 7.17. The molecule has 8 aromatic rings. The Bertz CT molecular complexity index is 2550. The fraction of sp³-hybridized carbons (Fsp3) is 0.158. The highest BCUT2D eigenvalue weighted by Crippen LogP contribution is 2.35. The Morgan fingerprint density at radius 1 is 0.558 bits per heavy atom. The first-order valence-corrected chi connectivity index (χ1v) is 17.9. The van der Waals surface area contributed by atoms with Gasteiger partial charge in [-0.3, -0.25) is 9.59 Å². The average Bonchev–Trinajstić information content (AvgIpc) is 3.82. The molecule has 12 nitrogen and oxygen atoms in total. The highest BCUT2D eigenvalue weighted by atomic mass is 32.1. The molecule has 0 fully saturated rings. The molecule has 260 valence electrons. The minimum absolute atomic E-state index is 0.175. The SMILES string of the molecule is Cc1cc(Oc2nccc3ncsc23)ccc1-c1c(C)n[nH]c(=O)c1C.Cc1cc(Oc2nccc3ncsc23)ccc1-c1c(C)n[nH]c(=O)c1C. The highest BCUT2D eigenvalue weighted by Gasteiger charge is 2.16. The lowest BCUT2D eigenvalue weighted by Crippen LogP contribution is -2.14. The van der Waals surface area contributed by atoms with Gasteiger partial charge in [0.2, 0.25) is 11.8 Å². The van der Waals surface area contributed by atoms with Crippen LogP contribution in [0.2, 0.25) is 0 Å². The zero-order chi connectivity index (χ0) is 36.5. The van der Waals surface area contributed by atoms with E-state index in [-0.39, 0.29) is 11.1 Å². The van der Waals surface area contributed by atoms with Crippen molar-refractivity contribution < 1.29 is 9.47 Å². The maximum absolute atomic E-state index is 11.9. The van der Waals surface area contributed by atoms with Gasteiger partial charge < -0.3 is 9.47 Å². The smallest absolute Gasteiger partial charge is 0.267 e. The number of aryl methyl sites for hydroxylation is 4. The van der Waals surface area contributed by atoms with Crippen molar-refractivity contribution in [3.05, 3.63) is 126 Å². The second kappa shape index (κ2) is 14.2. The van der Waals surface area contributed by atoms with Crippen LogP contribution in [0.25, 0.3) is 42.7 Å². The largest absolute Gasteiger partial charge is 0.438 e. The van der Waals surface area contributed by atoms with E-state index in [2.05, 4.69) is 40.3 Å². The van der Waals surface area contributed by atoms with Gasteiger partial charge in [0.25, 0.3) is 11.1 Å². The van der Waals surface area contributed by atoms with E-state index in [0.29, 0.717) is 34.4 Å². The second-order valence-corrected chi connectivity index (χ2v) is 13.8. The van der Waals surface area contributed by atoms with E-state index in [1.807, 2.05) is 76.2 Å². The summed E-state index contributed by atoms with van der Waals surface area (Å²) in [6.45, 7) is 11.4. The third-order valence-corrected chi connectivity index (χ3v) is 10.3. The number of fused-ring (bicyclic) bond motifs is 2. The molecule has 0 unspecified atom stereocenters. The van der Waals surface area contributed by atoms with Crippen LogP contribution in [0.3, 0.4) is 0 Å². The number of thiazole rings is 2. The lowest BCUT2D eigenvalue weighted by Gasteiger charge is -2.13. The summed E-state index contributed by atoms with van der Waals surface area (Å²) in [6.07, 6.45) is 3.38. The maximum atomic E-state index is 11.9. The Morgan fingerprint density at radius 2 is 0.981 bits per heavy atom. The van der Waals surface area contributed by atoms with Crippen LogP contribution in [0, 0.1) is 41.5 Å². The van der Waals surface area contributed by atoms with Gasteiger partial charge in [-0.1, -0.05) is 12.1 Å². The monoisotopic (exact) mass is 728 g/mol. The van der Waals surface area contributed by atoms with E-state index >= 15 is 0 Å². The Balaban J connectivity index is 0.000000162. The summed E-state index contributed by atoms with van der Waals surface area (Å²) < 4.78 is 13.8. The number of nitrogens with zero attached hydrogens (tertiary/aromatic N) is 6. The molecule has 0 amide bonds. The van der Waals surface area contributed by atoms with Crippen LogP contribution in [-0.2, 0) is 0 Å². The summed E-state index contributed by atoms with van der Waals surface area (Å²) in [4.78, 5) is 41.0. The zero-order valence-corrected chi connectivity index (χ0v) is 30.7. The number of H-pyrrole nitrogens is 2. The van der Waals surface area contributed by atoms with Gasteiger partial charge in [0, 0.05) is 34.6 Å². The van der Waals surface area contributed by atoms with Crippen LogP contribution >= 0.6 is 22.7 Å². The molecule has 0 aliphatic heterocycles. The molecule has 6 aromatic heterocycles. The summed E-state index contributed by atoms with van der Waals surface area (Å²) >= 11 is 3.00. The number of hydrogen-bond donors (Lipinski definition) is 2. The predicted octanol–water partition coefficient (Wildman–Crippen LogP) is 8.32. The molecular weight excluding hydrogens is 697 g/mol.